The van der Waals surface area contributed by atoms with Crippen molar-refractivity contribution < 1.29 is 37.0 Å². The normalized spacial score (nSPS) is 11.9. The van der Waals surface area contributed by atoms with Gasteiger partial charge in [-0.05, 0) is 30.0 Å². The highest BCUT2D eigenvalue weighted by molar-refractivity contribution is 5.84. The van der Waals surface area contributed by atoms with Crippen molar-refractivity contribution in [2.75, 3.05) is 13.7 Å². The lowest BCUT2D eigenvalue weighted by Gasteiger charge is -2.17. The number of nitrogens with one attached hydrogen (secondary N) is 2. The highest BCUT2D eigenvalue weighted by Crippen LogP contribution is 2.29. The van der Waals surface area contributed by atoms with Gasteiger partial charge in [0.25, 0.3) is 0 Å². The molecule has 0 aliphatic carbocycles. The van der Waals surface area contributed by atoms with Gasteiger partial charge in [-0.15, -0.1) is 0 Å². The summed E-state index contributed by atoms with van der Waals surface area (Å²) in [4.78, 5) is 36.0. The van der Waals surface area contributed by atoms with E-state index in [1.54, 1.807) is 0 Å². The summed E-state index contributed by atoms with van der Waals surface area (Å²) in [5.74, 6) is -1.16. The van der Waals surface area contributed by atoms with Crippen molar-refractivity contribution in [1.82, 2.24) is 10.6 Å². The SMILES string of the molecule is COC(=O)[C@H](Cc1cccc(C(F)(F)F)c1)NC(=O)CCCCCNC(=O)OCc1ccccc1. The van der Waals surface area contributed by atoms with Gasteiger partial charge in [-0.1, -0.05) is 55.0 Å². The minimum Gasteiger partial charge on any atom is -0.467 e. The van der Waals surface area contributed by atoms with Crippen LogP contribution < -0.4 is 10.6 Å². The van der Waals surface area contributed by atoms with E-state index in [4.69, 9.17) is 4.74 Å². The Balaban J connectivity index is 1.69. The number of benzene rings is 2. The van der Waals surface area contributed by atoms with Crippen molar-refractivity contribution in [2.24, 2.45) is 0 Å². The number of alkyl halides is 3. The molecule has 35 heavy (non-hydrogen) atoms. The molecule has 1 atom stereocenters. The van der Waals surface area contributed by atoms with E-state index >= 15 is 0 Å². The topological polar surface area (TPSA) is 93.7 Å². The Labute approximate surface area is 202 Å². The molecule has 2 N–H and O–H groups in total. The van der Waals surface area contributed by atoms with Crippen LogP contribution in [0.4, 0.5) is 18.0 Å². The minimum atomic E-state index is -4.51. The van der Waals surface area contributed by atoms with Gasteiger partial charge in [-0.25, -0.2) is 9.59 Å². The van der Waals surface area contributed by atoms with E-state index in [2.05, 4.69) is 15.4 Å². The summed E-state index contributed by atoms with van der Waals surface area (Å²) in [5.41, 5.74) is 0.301. The lowest BCUT2D eigenvalue weighted by Crippen LogP contribution is -2.43. The maximum absolute atomic E-state index is 12.9. The molecular formula is C25H29F3N2O5. The average Bonchev–Trinajstić information content (AvgIpc) is 2.84. The second-order valence-corrected chi connectivity index (χ2v) is 7.84. The van der Waals surface area contributed by atoms with Crippen LogP contribution in [0.1, 0.15) is 42.4 Å². The second kappa shape index (κ2) is 14.0. The summed E-state index contributed by atoms with van der Waals surface area (Å²) >= 11 is 0. The Kier molecular flexibility index (Phi) is 11.1. The number of unbranched alkanes of at least 4 members (excludes halogenated alkanes) is 2. The second-order valence-electron chi connectivity index (χ2n) is 7.84. The average molecular weight is 495 g/mol. The standard InChI is InChI=1S/C25H29F3N2O5/c1-34-23(32)21(16-19-11-8-12-20(15-19)25(26,27)28)30-22(31)13-6-3-7-14-29-24(33)35-17-18-9-4-2-5-10-18/h2,4-5,8-12,15,21H,3,6-7,13-14,16-17H2,1H3,(H,29,33)(H,30,31)/t21-/m0/s1. The first-order valence-corrected chi connectivity index (χ1v) is 11.2. The number of halogens is 3. The molecule has 0 aliphatic heterocycles. The summed E-state index contributed by atoms with van der Waals surface area (Å²) in [6.45, 7) is 0.560. The highest BCUT2D eigenvalue weighted by atomic mass is 19.4. The summed E-state index contributed by atoms with van der Waals surface area (Å²) in [5, 5.41) is 5.17. The lowest BCUT2D eigenvalue weighted by atomic mass is 10.0. The van der Waals surface area contributed by atoms with Gasteiger partial charge in [0, 0.05) is 19.4 Å². The van der Waals surface area contributed by atoms with Gasteiger partial charge in [0.15, 0.2) is 0 Å². The van der Waals surface area contributed by atoms with E-state index < -0.39 is 35.8 Å². The smallest absolute Gasteiger partial charge is 0.416 e. The highest BCUT2D eigenvalue weighted by Gasteiger charge is 2.31. The number of rotatable bonds is 12. The zero-order chi connectivity index (χ0) is 25.7. The fourth-order valence-electron chi connectivity index (χ4n) is 3.26. The third-order valence-electron chi connectivity index (χ3n) is 5.08. The summed E-state index contributed by atoms with van der Waals surface area (Å²) in [6, 6.07) is 12.8. The molecule has 190 valence electrons. The van der Waals surface area contributed by atoms with Crippen LogP contribution in [0.3, 0.4) is 0 Å². The van der Waals surface area contributed by atoms with Gasteiger partial charge in [0.2, 0.25) is 5.91 Å². The van der Waals surface area contributed by atoms with Crippen LogP contribution in [-0.4, -0.2) is 37.7 Å². The summed E-state index contributed by atoms with van der Waals surface area (Å²) in [6.07, 6.45) is -3.27. The monoisotopic (exact) mass is 494 g/mol. The summed E-state index contributed by atoms with van der Waals surface area (Å²) < 4.78 is 48.6. The predicted octanol–water partition coefficient (Wildman–Crippen LogP) is 4.39. The van der Waals surface area contributed by atoms with Gasteiger partial charge in [0.05, 0.1) is 12.7 Å². The number of hydrogen-bond donors (Lipinski definition) is 2. The van der Waals surface area contributed by atoms with Crippen LogP contribution in [0.15, 0.2) is 54.6 Å². The van der Waals surface area contributed by atoms with Crippen LogP contribution >= 0.6 is 0 Å². The fourth-order valence-corrected chi connectivity index (χ4v) is 3.26. The van der Waals surface area contributed by atoms with Crippen LogP contribution in [0.25, 0.3) is 0 Å². The summed E-state index contributed by atoms with van der Waals surface area (Å²) in [7, 11) is 1.14. The maximum Gasteiger partial charge on any atom is 0.416 e. The van der Waals surface area contributed by atoms with Crippen molar-refractivity contribution in [1.29, 1.82) is 0 Å². The zero-order valence-electron chi connectivity index (χ0n) is 19.4. The molecule has 0 fully saturated rings. The first kappa shape index (κ1) is 27.7. The Morgan fingerprint density at radius 2 is 1.66 bits per heavy atom. The molecule has 0 spiro atoms. The Bertz CT molecular complexity index is 967. The molecule has 0 unspecified atom stereocenters. The van der Waals surface area contributed by atoms with E-state index in [9.17, 15) is 27.6 Å². The number of alkyl carbamates (subject to hydrolysis) is 1. The molecule has 0 aliphatic rings. The quantitative estimate of drug-likeness (QED) is 0.337. The van der Waals surface area contributed by atoms with Gasteiger partial charge >= 0.3 is 18.2 Å². The molecule has 2 aromatic rings. The molecule has 0 bridgehead atoms. The molecular weight excluding hydrogens is 465 g/mol. The number of methoxy groups -OCH3 is 1. The van der Waals surface area contributed by atoms with Crippen LogP contribution in [0, 0.1) is 0 Å². The number of esters is 1. The number of carbonyl (C=O) groups excluding carboxylic acids is 3. The molecule has 2 amide bonds. The van der Waals surface area contributed by atoms with Gasteiger partial charge in [-0.3, -0.25) is 4.79 Å². The van der Waals surface area contributed by atoms with Crippen LogP contribution in [0.2, 0.25) is 0 Å². The van der Waals surface area contributed by atoms with E-state index in [0.29, 0.717) is 25.8 Å². The first-order valence-electron chi connectivity index (χ1n) is 11.2. The van der Waals surface area contributed by atoms with Gasteiger partial charge in [-0.2, -0.15) is 13.2 Å². The Morgan fingerprint density at radius 1 is 0.943 bits per heavy atom. The molecule has 0 saturated carbocycles. The fraction of sp³-hybridized carbons (Fsp3) is 0.400. The number of carbonyl (C=O) groups is 3. The van der Waals surface area contributed by atoms with Crippen LogP contribution in [0.5, 0.6) is 0 Å². The van der Waals surface area contributed by atoms with Crippen molar-refractivity contribution in [3.05, 3.63) is 71.3 Å². The van der Waals surface area contributed by atoms with Gasteiger partial charge in [0.1, 0.15) is 12.6 Å². The first-order chi connectivity index (χ1) is 16.7. The van der Waals surface area contributed by atoms with Crippen molar-refractivity contribution in [2.45, 2.75) is 50.9 Å². The molecule has 2 rings (SSSR count). The maximum atomic E-state index is 12.9. The molecule has 10 heteroatoms. The van der Waals surface area contributed by atoms with E-state index in [1.165, 1.54) is 12.1 Å². The van der Waals surface area contributed by atoms with Crippen molar-refractivity contribution >= 4 is 18.0 Å². The molecule has 0 radical (unpaired) electrons. The number of hydrogen-bond acceptors (Lipinski definition) is 5. The third kappa shape index (κ3) is 10.5. The van der Waals surface area contributed by atoms with Crippen molar-refractivity contribution in [3.8, 4) is 0 Å². The van der Waals surface area contributed by atoms with E-state index in [1.807, 2.05) is 30.3 Å². The molecule has 0 saturated heterocycles. The zero-order valence-corrected chi connectivity index (χ0v) is 19.4. The van der Waals surface area contributed by atoms with E-state index in [0.717, 1.165) is 24.8 Å². The predicted molar refractivity (Wildman–Crippen MR) is 122 cm³/mol. The van der Waals surface area contributed by atoms with E-state index in [-0.39, 0.29) is 25.0 Å². The molecule has 0 heterocycles. The molecule has 2 aromatic carbocycles. The number of amides is 2. The van der Waals surface area contributed by atoms with Gasteiger partial charge < -0.3 is 20.1 Å². The van der Waals surface area contributed by atoms with Crippen LogP contribution in [-0.2, 0) is 38.3 Å². The Hall–Kier alpha value is -3.56. The largest absolute Gasteiger partial charge is 0.467 e. The van der Waals surface area contributed by atoms with Crippen molar-refractivity contribution in [3.63, 3.8) is 0 Å². The molecule has 7 nitrogen and oxygen atoms in total. The molecule has 0 aromatic heterocycles. The third-order valence-corrected chi connectivity index (χ3v) is 5.08. The minimum absolute atomic E-state index is 0.120. The Morgan fingerprint density at radius 3 is 2.34 bits per heavy atom. The lowest BCUT2D eigenvalue weighted by molar-refractivity contribution is -0.145. The number of ether oxygens (including phenoxy) is 2.